The number of benzene rings is 1. The number of rotatable bonds is 10. The van der Waals surface area contributed by atoms with Gasteiger partial charge in [-0.15, -0.1) is 23.2 Å². The van der Waals surface area contributed by atoms with Gasteiger partial charge in [0.2, 0.25) is 10.0 Å². The molecule has 25 heavy (non-hydrogen) atoms. The molecule has 0 aliphatic heterocycles. The van der Waals surface area contributed by atoms with Crippen molar-refractivity contribution < 1.29 is 27.4 Å². The van der Waals surface area contributed by atoms with Crippen LogP contribution in [-0.4, -0.2) is 64.9 Å². The van der Waals surface area contributed by atoms with Crippen LogP contribution in [0.3, 0.4) is 0 Å². The number of hydrogen-bond acceptors (Lipinski definition) is 6. The number of hydrogen-bond donors (Lipinski definition) is 0. The number of ether oxygens (including phenoxy) is 3. The maximum atomic E-state index is 13.0. The van der Waals surface area contributed by atoms with E-state index in [2.05, 4.69) is 4.74 Å². The molecule has 0 unspecified atom stereocenters. The third-order valence-corrected chi connectivity index (χ3v) is 5.73. The molecule has 0 spiro atoms. The summed E-state index contributed by atoms with van der Waals surface area (Å²) >= 11 is 11.4. The summed E-state index contributed by atoms with van der Waals surface area (Å²) in [6.45, 7) is 0.172. The Hall–Kier alpha value is -1.22. The molecule has 0 fully saturated rings. The van der Waals surface area contributed by atoms with E-state index >= 15 is 0 Å². The number of halogens is 2. The highest BCUT2D eigenvalue weighted by atomic mass is 35.5. The van der Waals surface area contributed by atoms with Crippen molar-refractivity contribution in [3.63, 3.8) is 0 Å². The highest BCUT2D eigenvalue weighted by Gasteiger charge is 2.29. The van der Waals surface area contributed by atoms with E-state index in [1.807, 2.05) is 0 Å². The molecular formula is C15H21Cl2NO6S. The first kappa shape index (κ1) is 21.8. The van der Waals surface area contributed by atoms with Crippen molar-refractivity contribution >= 4 is 39.2 Å². The van der Waals surface area contributed by atoms with Crippen molar-refractivity contribution in [1.82, 2.24) is 4.31 Å². The quantitative estimate of drug-likeness (QED) is 0.430. The van der Waals surface area contributed by atoms with Crippen LogP contribution in [0.15, 0.2) is 17.0 Å². The molecule has 0 amide bonds. The maximum Gasteiger partial charge on any atom is 0.310 e. The Balaban J connectivity index is 3.54. The summed E-state index contributed by atoms with van der Waals surface area (Å²) in [5.41, 5.74) is 0.235. The summed E-state index contributed by atoms with van der Waals surface area (Å²) in [6.07, 6.45) is -0.235. The van der Waals surface area contributed by atoms with Crippen LogP contribution in [0.2, 0.25) is 0 Å². The molecule has 0 saturated heterocycles. The minimum atomic E-state index is -3.95. The lowest BCUT2D eigenvalue weighted by Crippen LogP contribution is -2.35. The van der Waals surface area contributed by atoms with E-state index in [0.29, 0.717) is 5.75 Å². The molecule has 142 valence electrons. The van der Waals surface area contributed by atoms with Gasteiger partial charge < -0.3 is 14.2 Å². The summed E-state index contributed by atoms with van der Waals surface area (Å²) in [6, 6.07) is 2.77. The third-order valence-electron chi connectivity index (χ3n) is 3.41. The van der Waals surface area contributed by atoms with E-state index in [1.54, 1.807) is 0 Å². The Labute approximate surface area is 157 Å². The van der Waals surface area contributed by atoms with Crippen molar-refractivity contribution in [3.05, 3.63) is 17.7 Å². The zero-order valence-corrected chi connectivity index (χ0v) is 16.6. The molecule has 0 aromatic heterocycles. The Morgan fingerprint density at radius 2 is 1.56 bits per heavy atom. The molecule has 0 aliphatic carbocycles. The van der Waals surface area contributed by atoms with Crippen LogP contribution in [0.4, 0.5) is 0 Å². The molecule has 0 bridgehead atoms. The molecule has 0 atom stereocenters. The Kier molecular flexibility index (Phi) is 8.78. The molecule has 0 aliphatic rings. The lowest BCUT2D eigenvalue weighted by Gasteiger charge is -2.23. The van der Waals surface area contributed by atoms with Gasteiger partial charge in [0.05, 0.1) is 32.6 Å². The van der Waals surface area contributed by atoms with E-state index in [1.165, 1.54) is 33.5 Å². The Morgan fingerprint density at radius 1 is 1.04 bits per heavy atom. The second-order valence-corrected chi connectivity index (χ2v) is 7.51. The third kappa shape index (κ3) is 5.37. The first-order valence-corrected chi connectivity index (χ1v) is 9.80. The molecule has 0 heterocycles. The predicted octanol–water partition coefficient (Wildman–Crippen LogP) is 1.89. The van der Waals surface area contributed by atoms with E-state index in [4.69, 9.17) is 32.7 Å². The standard InChI is InChI=1S/C15H21Cl2NO6S/c1-22-12-8-11(9-15(19)24-3)14(10-13(12)23-2)25(20,21)18(6-4-16)7-5-17/h8,10H,4-7,9H2,1-3H3. The molecule has 7 nitrogen and oxygen atoms in total. The van der Waals surface area contributed by atoms with Gasteiger partial charge in [0.1, 0.15) is 0 Å². The van der Waals surface area contributed by atoms with Gasteiger partial charge in [-0.05, 0) is 11.6 Å². The van der Waals surface area contributed by atoms with Gasteiger partial charge in [0.15, 0.2) is 11.5 Å². The SMILES string of the molecule is COC(=O)Cc1cc(OC)c(OC)cc1S(=O)(=O)N(CCCl)CCCl. The molecule has 0 saturated carbocycles. The van der Waals surface area contributed by atoms with Crippen molar-refractivity contribution in [2.24, 2.45) is 0 Å². The highest BCUT2D eigenvalue weighted by Crippen LogP contribution is 2.34. The number of nitrogens with zero attached hydrogens (tertiary/aromatic N) is 1. The summed E-state index contributed by atoms with van der Waals surface area (Å²) in [4.78, 5) is 11.6. The van der Waals surface area contributed by atoms with Crippen LogP contribution in [0.5, 0.6) is 11.5 Å². The number of methoxy groups -OCH3 is 3. The van der Waals surface area contributed by atoms with E-state index in [9.17, 15) is 13.2 Å². The van der Waals surface area contributed by atoms with Gasteiger partial charge in [-0.1, -0.05) is 0 Å². The first-order valence-electron chi connectivity index (χ1n) is 7.29. The second kappa shape index (κ2) is 10.1. The van der Waals surface area contributed by atoms with Crippen LogP contribution in [0.25, 0.3) is 0 Å². The summed E-state index contributed by atoms with van der Waals surface area (Å²) in [5.74, 6) is 0.170. The van der Waals surface area contributed by atoms with Gasteiger partial charge in [0.25, 0.3) is 0 Å². The molecule has 1 aromatic rings. The minimum absolute atomic E-state index is 0.0780. The fourth-order valence-corrected chi connectivity index (χ4v) is 4.46. The lowest BCUT2D eigenvalue weighted by molar-refractivity contribution is -0.139. The van der Waals surface area contributed by atoms with Crippen LogP contribution in [0, 0.1) is 0 Å². The van der Waals surface area contributed by atoms with E-state index < -0.39 is 16.0 Å². The van der Waals surface area contributed by atoms with Gasteiger partial charge >= 0.3 is 5.97 Å². The monoisotopic (exact) mass is 413 g/mol. The van der Waals surface area contributed by atoms with E-state index in [-0.39, 0.29) is 47.5 Å². The lowest BCUT2D eigenvalue weighted by atomic mass is 10.1. The molecule has 1 rings (SSSR count). The number of carbonyl (C=O) groups is 1. The molecule has 0 radical (unpaired) electrons. The normalized spacial score (nSPS) is 11.4. The zero-order chi connectivity index (χ0) is 19.0. The van der Waals surface area contributed by atoms with Gasteiger partial charge in [0, 0.05) is 30.9 Å². The zero-order valence-electron chi connectivity index (χ0n) is 14.3. The van der Waals surface area contributed by atoms with Crippen molar-refractivity contribution in [2.45, 2.75) is 11.3 Å². The Bertz CT molecular complexity index is 690. The summed E-state index contributed by atoms with van der Waals surface area (Å²) < 4.78 is 42.2. The van der Waals surface area contributed by atoms with Gasteiger partial charge in [-0.3, -0.25) is 4.79 Å². The molecule has 1 aromatic carbocycles. The van der Waals surface area contributed by atoms with Crippen molar-refractivity contribution in [2.75, 3.05) is 46.2 Å². The van der Waals surface area contributed by atoms with Crippen LogP contribution < -0.4 is 9.47 Å². The number of carbonyl (C=O) groups excluding carboxylic acids is 1. The topological polar surface area (TPSA) is 82.1 Å². The van der Waals surface area contributed by atoms with Crippen LogP contribution in [0.1, 0.15) is 5.56 Å². The largest absolute Gasteiger partial charge is 0.493 e. The fraction of sp³-hybridized carbons (Fsp3) is 0.533. The molecule has 0 N–H and O–H groups in total. The highest BCUT2D eigenvalue weighted by molar-refractivity contribution is 7.89. The maximum absolute atomic E-state index is 13.0. The molecular weight excluding hydrogens is 393 g/mol. The number of esters is 1. The number of alkyl halides is 2. The van der Waals surface area contributed by atoms with E-state index in [0.717, 1.165) is 4.31 Å². The van der Waals surface area contributed by atoms with Crippen LogP contribution in [-0.2, 0) is 26.0 Å². The van der Waals surface area contributed by atoms with Gasteiger partial charge in [-0.25, -0.2) is 8.42 Å². The fourth-order valence-electron chi connectivity index (χ4n) is 2.19. The predicted molar refractivity (Wildman–Crippen MR) is 95.5 cm³/mol. The minimum Gasteiger partial charge on any atom is -0.493 e. The Morgan fingerprint density at radius 3 is 2.00 bits per heavy atom. The first-order chi connectivity index (χ1) is 11.8. The average Bonchev–Trinajstić information content (AvgIpc) is 2.60. The van der Waals surface area contributed by atoms with Crippen LogP contribution >= 0.6 is 23.2 Å². The second-order valence-electron chi connectivity index (χ2n) is 4.85. The van der Waals surface area contributed by atoms with Crippen molar-refractivity contribution in [3.8, 4) is 11.5 Å². The average molecular weight is 414 g/mol. The van der Waals surface area contributed by atoms with Gasteiger partial charge in [-0.2, -0.15) is 4.31 Å². The number of sulfonamides is 1. The summed E-state index contributed by atoms with van der Waals surface area (Å²) in [7, 11) is 0.0907. The van der Waals surface area contributed by atoms with Crippen molar-refractivity contribution in [1.29, 1.82) is 0 Å². The summed E-state index contributed by atoms with van der Waals surface area (Å²) in [5, 5.41) is 0. The molecule has 10 heteroatoms. The smallest absolute Gasteiger partial charge is 0.310 e.